The summed E-state index contributed by atoms with van der Waals surface area (Å²) in [7, 11) is 0. The Labute approximate surface area is 88.2 Å². The maximum Gasteiger partial charge on any atom is 0.203 e. The van der Waals surface area contributed by atoms with E-state index in [-0.39, 0.29) is 0 Å². The molecule has 1 aromatic carbocycles. The van der Waals surface area contributed by atoms with Gasteiger partial charge < -0.3 is 4.57 Å². The van der Waals surface area contributed by atoms with E-state index < -0.39 is 0 Å². The second-order valence-electron chi connectivity index (χ2n) is 3.26. The summed E-state index contributed by atoms with van der Waals surface area (Å²) in [5.74, 6) is 0. The quantitative estimate of drug-likeness (QED) is 0.739. The van der Waals surface area contributed by atoms with Gasteiger partial charge in [-0.3, -0.25) is 0 Å². The largest absolute Gasteiger partial charge is 0.317 e. The third-order valence-electron chi connectivity index (χ3n) is 2.04. The molecular weight excluding hydrogens is 196 g/mol. The number of halogens is 1. The number of aryl methyl sites for hydroxylation is 1. The number of imidazole rings is 1. The number of hydrogen-bond acceptors (Lipinski definition) is 1. The van der Waals surface area contributed by atoms with Crippen LogP contribution in [-0.4, -0.2) is 9.55 Å². The average molecular weight is 207 g/mol. The third kappa shape index (κ3) is 1.96. The third-order valence-corrected chi connectivity index (χ3v) is 2.35. The second kappa shape index (κ2) is 3.84. The highest BCUT2D eigenvalue weighted by Crippen LogP contribution is 2.11. The molecule has 3 heteroatoms. The van der Waals surface area contributed by atoms with Crippen molar-refractivity contribution in [1.29, 1.82) is 0 Å². The Bertz CT molecular complexity index is 420. The molecule has 0 atom stereocenters. The van der Waals surface area contributed by atoms with Crippen molar-refractivity contribution in [2.45, 2.75) is 13.5 Å². The molecule has 0 aliphatic rings. The lowest BCUT2D eigenvalue weighted by Crippen LogP contribution is -1.97. The lowest BCUT2D eigenvalue weighted by molar-refractivity contribution is 0.798. The number of rotatable bonds is 2. The Morgan fingerprint density at radius 1 is 1.29 bits per heavy atom. The standard InChI is InChI=1S/C11H11ClN2/c1-9-7-14(11(12)13-9)8-10-5-3-2-4-6-10/h2-7H,8H2,1H3. The van der Waals surface area contributed by atoms with E-state index >= 15 is 0 Å². The van der Waals surface area contributed by atoms with Gasteiger partial charge in [-0.2, -0.15) is 0 Å². The van der Waals surface area contributed by atoms with Crippen molar-refractivity contribution in [3.8, 4) is 0 Å². The Morgan fingerprint density at radius 2 is 2.00 bits per heavy atom. The fourth-order valence-corrected chi connectivity index (χ4v) is 1.65. The van der Waals surface area contributed by atoms with Crippen LogP contribution in [0.2, 0.25) is 5.28 Å². The second-order valence-corrected chi connectivity index (χ2v) is 3.60. The fraction of sp³-hybridized carbons (Fsp3) is 0.182. The molecule has 2 nitrogen and oxygen atoms in total. The van der Waals surface area contributed by atoms with Crippen molar-refractivity contribution in [3.63, 3.8) is 0 Å². The highest BCUT2D eigenvalue weighted by Gasteiger charge is 2.02. The van der Waals surface area contributed by atoms with Crippen molar-refractivity contribution in [3.05, 3.63) is 53.1 Å². The molecule has 72 valence electrons. The van der Waals surface area contributed by atoms with Crippen LogP contribution in [0.3, 0.4) is 0 Å². The van der Waals surface area contributed by atoms with Gasteiger partial charge >= 0.3 is 0 Å². The summed E-state index contributed by atoms with van der Waals surface area (Å²) in [5.41, 5.74) is 2.18. The first-order valence-electron chi connectivity index (χ1n) is 4.49. The minimum Gasteiger partial charge on any atom is -0.317 e. The van der Waals surface area contributed by atoms with Gasteiger partial charge in [0.15, 0.2) is 0 Å². The van der Waals surface area contributed by atoms with E-state index in [2.05, 4.69) is 17.1 Å². The average Bonchev–Trinajstić information content (AvgIpc) is 2.47. The SMILES string of the molecule is Cc1cn(Cc2ccccc2)c(Cl)n1. The Kier molecular flexibility index (Phi) is 2.55. The summed E-state index contributed by atoms with van der Waals surface area (Å²) >= 11 is 5.95. The van der Waals surface area contributed by atoms with Gasteiger partial charge in [0.25, 0.3) is 0 Å². The van der Waals surface area contributed by atoms with Crippen molar-refractivity contribution in [2.24, 2.45) is 0 Å². The summed E-state index contributed by atoms with van der Waals surface area (Å²) in [4.78, 5) is 4.14. The number of hydrogen-bond donors (Lipinski definition) is 0. The highest BCUT2D eigenvalue weighted by atomic mass is 35.5. The van der Waals surface area contributed by atoms with E-state index in [0.29, 0.717) is 5.28 Å². The lowest BCUT2D eigenvalue weighted by atomic mass is 10.2. The van der Waals surface area contributed by atoms with E-state index in [1.165, 1.54) is 5.56 Å². The van der Waals surface area contributed by atoms with Gasteiger partial charge in [0.05, 0.1) is 5.69 Å². The van der Waals surface area contributed by atoms with Gasteiger partial charge in [0, 0.05) is 12.7 Å². The van der Waals surface area contributed by atoms with Crippen LogP contribution in [0.4, 0.5) is 0 Å². The van der Waals surface area contributed by atoms with Gasteiger partial charge in [-0.25, -0.2) is 4.98 Å². The summed E-state index contributed by atoms with van der Waals surface area (Å²) in [6.45, 7) is 2.72. The zero-order chi connectivity index (χ0) is 9.97. The Balaban J connectivity index is 2.23. The summed E-state index contributed by atoms with van der Waals surface area (Å²) < 4.78 is 1.94. The maximum absolute atomic E-state index is 5.95. The van der Waals surface area contributed by atoms with Crippen LogP contribution in [0, 0.1) is 6.92 Å². The van der Waals surface area contributed by atoms with Crippen molar-refractivity contribution >= 4 is 11.6 Å². The maximum atomic E-state index is 5.95. The van der Waals surface area contributed by atoms with E-state index in [4.69, 9.17) is 11.6 Å². The Morgan fingerprint density at radius 3 is 2.57 bits per heavy atom. The van der Waals surface area contributed by atoms with Crippen LogP contribution < -0.4 is 0 Å². The first-order chi connectivity index (χ1) is 6.75. The molecule has 0 bridgehead atoms. The fourth-order valence-electron chi connectivity index (χ4n) is 1.41. The molecule has 0 unspecified atom stereocenters. The van der Waals surface area contributed by atoms with Crippen LogP contribution in [0.1, 0.15) is 11.3 Å². The molecule has 14 heavy (non-hydrogen) atoms. The molecule has 1 heterocycles. The van der Waals surface area contributed by atoms with Gasteiger partial charge in [-0.1, -0.05) is 30.3 Å². The first kappa shape index (κ1) is 9.28. The van der Waals surface area contributed by atoms with Crippen LogP contribution >= 0.6 is 11.6 Å². The first-order valence-corrected chi connectivity index (χ1v) is 4.87. The number of benzene rings is 1. The molecule has 0 N–H and O–H groups in total. The zero-order valence-corrected chi connectivity index (χ0v) is 8.70. The van der Waals surface area contributed by atoms with E-state index in [1.807, 2.05) is 35.9 Å². The predicted molar refractivity (Wildman–Crippen MR) is 57.5 cm³/mol. The highest BCUT2D eigenvalue weighted by molar-refractivity contribution is 6.28. The van der Waals surface area contributed by atoms with Gasteiger partial charge in [0.1, 0.15) is 0 Å². The van der Waals surface area contributed by atoms with Crippen LogP contribution in [-0.2, 0) is 6.54 Å². The molecular formula is C11H11ClN2. The number of aromatic nitrogens is 2. The van der Waals surface area contributed by atoms with Crippen LogP contribution in [0.25, 0.3) is 0 Å². The molecule has 0 radical (unpaired) electrons. The summed E-state index contributed by atoms with van der Waals surface area (Å²) in [6, 6.07) is 10.2. The van der Waals surface area contributed by atoms with Crippen molar-refractivity contribution in [1.82, 2.24) is 9.55 Å². The molecule has 0 spiro atoms. The van der Waals surface area contributed by atoms with E-state index in [9.17, 15) is 0 Å². The normalized spacial score (nSPS) is 10.4. The van der Waals surface area contributed by atoms with Crippen LogP contribution in [0.5, 0.6) is 0 Å². The molecule has 0 fully saturated rings. The molecule has 2 aromatic rings. The van der Waals surface area contributed by atoms with Crippen molar-refractivity contribution in [2.75, 3.05) is 0 Å². The minimum atomic E-state index is 0.548. The molecule has 0 aliphatic heterocycles. The summed E-state index contributed by atoms with van der Waals surface area (Å²) in [5, 5.41) is 0.548. The molecule has 0 aliphatic carbocycles. The van der Waals surface area contributed by atoms with Gasteiger partial charge in [-0.15, -0.1) is 0 Å². The van der Waals surface area contributed by atoms with Gasteiger partial charge in [-0.05, 0) is 24.1 Å². The van der Waals surface area contributed by atoms with Gasteiger partial charge in [0.2, 0.25) is 5.28 Å². The molecule has 0 saturated heterocycles. The predicted octanol–water partition coefficient (Wildman–Crippen LogP) is 2.89. The molecule has 2 rings (SSSR count). The lowest BCUT2D eigenvalue weighted by Gasteiger charge is -2.02. The molecule has 1 aromatic heterocycles. The summed E-state index contributed by atoms with van der Waals surface area (Å²) in [6.07, 6.45) is 1.95. The molecule has 0 amide bonds. The topological polar surface area (TPSA) is 17.8 Å². The zero-order valence-electron chi connectivity index (χ0n) is 7.94. The van der Waals surface area contributed by atoms with Crippen molar-refractivity contribution < 1.29 is 0 Å². The molecule has 0 saturated carbocycles. The Hall–Kier alpha value is -1.28. The van der Waals surface area contributed by atoms with E-state index in [1.54, 1.807) is 0 Å². The monoisotopic (exact) mass is 206 g/mol. The van der Waals surface area contributed by atoms with E-state index in [0.717, 1.165) is 12.2 Å². The smallest absolute Gasteiger partial charge is 0.203 e. The number of nitrogens with zero attached hydrogens (tertiary/aromatic N) is 2. The van der Waals surface area contributed by atoms with Crippen LogP contribution in [0.15, 0.2) is 36.5 Å². The minimum absolute atomic E-state index is 0.548.